The number of esters is 1. The lowest BCUT2D eigenvalue weighted by Crippen LogP contribution is -2.29. The van der Waals surface area contributed by atoms with Crippen molar-refractivity contribution in [2.24, 2.45) is 0 Å². The summed E-state index contributed by atoms with van der Waals surface area (Å²) in [4.78, 5) is 29.3. The standard InChI is InChI=1S/C19H15ClF3N3O3/c1-3-29-18(28)14-15(24-2)12-8-9-13(19(21,22)23)25-16(12)26(17(14)27)11-6-4-10(20)5-7-11/h4-9,24H,3H2,1-2H3. The van der Waals surface area contributed by atoms with Crippen LogP contribution in [0.4, 0.5) is 18.9 Å². The topological polar surface area (TPSA) is 73.2 Å². The first-order valence-electron chi connectivity index (χ1n) is 8.46. The number of nitrogens with one attached hydrogen (secondary N) is 1. The van der Waals surface area contributed by atoms with Crippen molar-refractivity contribution in [1.82, 2.24) is 9.55 Å². The fourth-order valence-corrected chi connectivity index (χ4v) is 3.03. The lowest BCUT2D eigenvalue weighted by molar-refractivity contribution is -0.141. The van der Waals surface area contributed by atoms with Gasteiger partial charge in [0.25, 0.3) is 5.56 Å². The Bertz CT molecular complexity index is 1140. The van der Waals surface area contributed by atoms with Gasteiger partial charge in [0.1, 0.15) is 16.9 Å². The number of aromatic nitrogens is 2. The molecule has 1 aromatic carbocycles. The molecule has 0 bridgehead atoms. The number of rotatable bonds is 4. The minimum absolute atomic E-state index is 0.0195. The summed E-state index contributed by atoms with van der Waals surface area (Å²) in [5, 5.41) is 3.23. The van der Waals surface area contributed by atoms with E-state index in [0.29, 0.717) is 5.02 Å². The number of hydrogen-bond donors (Lipinski definition) is 1. The quantitative estimate of drug-likeness (QED) is 0.632. The van der Waals surface area contributed by atoms with Crippen molar-refractivity contribution >= 4 is 34.3 Å². The Morgan fingerprint density at radius 2 is 1.86 bits per heavy atom. The van der Waals surface area contributed by atoms with Gasteiger partial charge in [-0.25, -0.2) is 9.78 Å². The van der Waals surface area contributed by atoms with Crippen molar-refractivity contribution in [1.29, 1.82) is 0 Å². The van der Waals surface area contributed by atoms with Crippen molar-refractivity contribution < 1.29 is 22.7 Å². The summed E-state index contributed by atoms with van der Waals surface area (Å²) in [6, 6.07) is 7.77. The number of pyridine rings is 2. The summed E-state index contributed by atoms with van der Waals surface area (Å²) < 4.78 is 45.6. The molecule has 0 saturated heterocycles. The van der Waals surface area contributed by atoms with Crippen LogP contribution < -0.4 is 10.9 Å². The largest absolute Gasteiger partial charge is 0.462 e. The molecule has 3 rings (SSSR count). The van der Waals surface area contributed by atoms with Crippen LogP contribution in [-0.2, 0) is 10.9 Å². The molecular weight excluding hydrogens is 411 g/mol. The van der Waals surface area contributed by atoms with Gasteiger partial charge in [-0.2, -0.15) is 13.2 Å². The molecule has 0 aliphatic heterocycles. The molecule has 6 nitrogen and oxygen atoms in total. The Morgan fingerprint density at radius 1 is 1.21 bits per heavy atom. The average Bonchev–Trinajstić information content (AvgIpc) is 2.67. The number of nitrogens with zero attached hydrogens (tertiary/aromatic N) is 2. The van der Waals surface area contributed by atoms with E-state index in [0.717, 1.165) is 16.7 Å². The van der Waals surface area contributed by atoms with Crippen LogP contribution in [0.25, 0.3) is 16.7 Å². The van der Waals surface area contributed by atoms with Crippen LogP contribution in [0.3, 0.4) is 0 Å². The molecule has 0 radical (unpaired) electrons. The number of carbonyl (C=O) groups is 1. The van der Waals surface area contributed by atoms with Gasteiger partial charge in [0, 0.05) is 17.5 Å². The number of carbonyl (C=O) groups excluding carboxylic acids is 1. The molecular formula is C19H15ClF3N3O3. The Morgan fingerprint density at radius 3 is 2.41 bits per heavy atom. The Kier molecular flexibility index (Phi) is 5.52. The van der Waals surface area contributed by atoms with Crippen LogP contribution >= 0.6 is 11.6 Å². The molecule has 2 aromatic heterocycles. The number of ether oxygens (including phenoxy) is 1. The monoisotopic (exact) mass is 425 g/mol. The molecule has 0 aliphatic rings. The van der Waals surface area contributed by atoms with E-state index in [1.807, 2.05) is 0 Å². The third-order valence-electron chi connectivity index (χ3n) is 4.13. The molecule has 0 spiro atoms. The molecule has 0 amide bonds. The van der Waals surface area contributed by atoms with E-state index in [4.69, 9.17) is 16.3 Å². The molecule has 0 atom stereocenters. The van der Waals surface area contributed by atoms with E-state index < -0.39 is 23.4 Å². The molecule has 152 valence electrons. The molecule has 3 aromatic rings. The van der Waals surface area contributed by atoms with Crippen molar-refractivity contribution in [2.75, 3.05) is 19.0 Å². The van der Waals surface area contributed by atoms with E-state index in [2.05, 4.69) is 10.3 Å². The predicted octanol–water partition coefficient (Wildman–Crippen LogP) is 4.28. The molecule has 0 fully saturated rings. The SMILES string of the molecule is CCOC(=O)c1c(NC)c2ccc(C(F)(F)F)nc2n(-c2ccc(Cl)cc2)c1=O. The zero-order chi connectivity index (χ0) is 21.3. The summed E-state index contributed by atoms with van der Waals surface area (Å²) in [7, 11) is 1.45. The summed E-state index contributed by atoms with van der Waals surface area (Å²) >= 11 is 5.88. The zero-order valence-electron chi connectivity index (χ0n) is 15.3. The third-order valence-corrected chi connectivity index (χ3v) is 4.38. The third kappa shape index (κ3) is 3.77. The maximum atomic E-state index is 13.2. The van der Waals surface area contributed by atoms with Gasteiger partial charge in [0.2, 0.25) is 0 Å². The zero-order valence-corrected chi connectivity index (χ0v) is 16.1. The Balaban J connectivity index is 2.49. The number of fused-ring (bicyclic) bond motifs is 1. The van der Waals surface area contributed by atoms with E-state index in [1.165, 1.54) is 31.3 Å². The molecule has 1 N–H and O–H groups in total. The highest BCUT2D eigenvalue weighted by atomic mass is 35.5. The first-order chi connectivity index (χ1) is 13.7. The highest BCUT2D eigenvalue weighted by Gasteiger charge is 2.34. The predicted molar refractivity (Wildman–Crippen MR) is 103 cm³/mol. The van der Waals surface area contributed by atoms with E-state index in [9.17, 15) is 22.8 Å². The van der Waals surface area contributed by atoms with Crippen LogP contribution in [0, 0.1) is 0 Å². The van der Waals surface area contributed by atoms with Gasteiger partial charge >= 0.3 is 12.1 Å². The second-order valence-electron chi connectivity index (χ2n) is 5.90. The van der Waals surface area contributed by atoms with Gasteiger partial charge < -0.3 is 10.1 Å². The fourth-order valence-electron chi connectivity index (χ4n) is 2.90. The first-order valence-corrected chi connectivity index (χ1v) is 8.84. The number of benzene rings is 1. The van der Waals surface area contributed by atoms with Crippen molar-refractivity contribution in [2.45, 2.75) is 13.1 Å². The summed E-state index contributed by atoms with van der Waals surface area (Å²) in [6.07, 6.45) is -4.71. The maximum absolute atomic E-state index is 13.2. The molecule has 2 heterocycles. The minimum atomic E-state index is -4.71. The smallest absolute Gasteiger partial charge is 0.433 e. The number of halogens is 4. The average molecular weight is 426 g/mol. The summed E-state index contributed by atoms with van der Waals surface area (Å²) in [6.45, 7) is 1.60. The van der Waals surface area contributed by atoms with E-state index in [1.54, 1.807) is 6.92 Å². The maximum Gasteiger partial charge on any atom is 0.433 e. The lowest BCUT2D eigenvalue weighted by atomic mass is 10.1. The van der Waals surface area contributed by atoms with E-state index >= 15 is 0 Å². The summed E-state index contributed by atoms with van der Waals surface area (Å²) in [5.74, 6) is -0.897. The minimum Gasteiger partial charge on any atom is -0.462 e. The van der Waals surface area contributed by atoms with E-state index in [-0.39, 0.29) is 34.6 Å². The molecule has 29 heavy (non-hydrogen) atoms. The second-order valence-corrected chi connectivity index (χ2v) is 6.34. The van der Waals surface area contributed by atoms with Gasteiger partial charge in [0.15, 0.2) is 0 Å². The fraction of sp³-hybridized carbons (Fsp3) is 0.211. The van der Waals surface area contributed by atoms with Gasteiger partial charge in [-0.15, -0.1) is 0 Å². The van der Waals surface area contributed by atoms with Gasteiger partial charge in [-0.1, -0.05) is 11.6 Å². The van der Waals surface area contributed by atoms with Crippen LogP contribution in [0.1, 0.15) is 23.0 Å². The highest BCUT2D eigenvalue weighted by Crippen LogP contribution is 2.32. The van der Waals surface area contributed by atoms with Gasteiger partial charge in [-0.05, 0) is 43.3 Å². The van der Waals surface area contributed by atoms with Gasteiger partial charge in [-0.3, -0.25) is 9.36 Å². The van der Waals surface area contributed by atoms with Crippen LogP contribution in [0.2, 0.25) is 5.02 Å². The van der Waals surface area contributed by atoms with Crippen molar-refractivity contribution in [3.05, 3.63) is 63.0 Å². The van der Waals surface area contributed by atoms with Gasteiger partial charge in [0.05, 0.1) is 18.0 Å². The molecule has 0 aliphatic carbocycles. The summed E-state index contributed by atoms with van der Waals surface area (Å²) in [5.41, 5.74) is -2.39. The van der Waals surface area contributed by atoms with Crippen LogP contribution in [0.5, 0.6) is 0 Å². The number of alkyl halides is 3. The van der Waals surface area contributed by atoms with Crippen molar-refractivity contribution in [3.8, 4) is 5.69 Å². The van der Waals surface area contributed by atoms with Crippen LogP contribution in [-0.4, -0.2) is 29.2 Å². The number of anilines is 1. The molecule has 0 unspecified atom stereocenters. The Hall–Kier alpha value is -3.07. The van der Waals surface area contributed by atoms with Crippen molar-refractivity contribution in [3.63, 3.8) is 0 Å². The first kappa shape index (κ1) is 20.7. The van der Waals surface area contributed by atoms with Crippen LogP contribution in [0.15, 0.2) is 41.2 Å². The molecule has 0 saturated carbocycles. The number of hydrogen-bond acceptors (Lipinski definition) is 5. The lowest BCUT2D eigenvalue weighted by Gasteiger charge is -2.17. The molecule has 10 heteroatoms. The second kappa shape index (κ2) is 7.75. The highest BCUT2D eigenvalue weighted by molar-refractivity contribution is 6.30. The Labute approximate surface area is 167 Å². The normalized spacial score (nSPS) is 11.5.